The van der Waals surface area contributed by atoms with Gasteiger partial charge < -0.3 is 15.4 Å². The van der Waals surface area contributed by atoms with Crippen molar-refractivity contribution in [3.8, 4) is 5.88 Å². The molecule has 5 nitrogen and oxygen atoms in total. The summed E-state index contributed by atoms with van der Waals surface area (Å²) in [6.07, 6.45) is -2.68. The molecule has 25 heavy (non-hydrogen) atoms. The average Bonchev–Trinajstić information content (AvgIpc) is 2.52. The van der Waals surface area contributed by atoms with Crippen LogP contribution in [0.15, 0.2) is 18.3 Å². The summed E-state index contributed by atoms with van der Waals surface area (Å²) in [6, 6.07) is 2.51. The van der Waals surface area contributed by atoms with Crippen molar-refractivity contribution in [2.24, 2.45) is 11.1 Å². The number of aromatic nitrogens is 1. The number of alkyl halides is 4. The number of nitrogens with two attached hydrogens (primary N) is 1. The van der Waals surface area contributed by atoms with Gasteiger partial charge in [-0.3, -0.25) is 4.79 Å². The molecule has 0 saturated heterocycles. The van der Waals surface area contributed by atoms with Crippen molar-refractivity contribution in [1.29, 1.82) is 0 Å². The van der Waals surface area contributed by atoms with Gasteiger partial charge in [0.05, 0.1) is 5.56 Å². The predicted octanol–water partition coefficient (Wildman–Crippen LogP) is 2.84. The Morgan fingerprint density at radius 2 is 1.96 bits per heavy atom. The summed E-state index contributed by atoms with van der Waals surface area (Å²) in [4.78, 5) is 17.4. The SMILES string of the molecule is CN(CC(C)(C)CN)C(=O)c1ccc(OCC(F)(F)C(F)F)nc1.Cl. The number of carbonyl (C=O) groups is 1. The highest BCUT2D eigenvalue weighted by Crippen LogP contribution is 2.24. The van der Waals surface area contributed by atoms with E-state index in [0.29, 0.717) is 13.1 Å². The molecule has 0 aliphatic heterocycles. The van der Waals surface area contributed by atoms with Gasteiger partial charge in [0.2, 0.25) is 5.88 Å². The van der Waals surface area contributed by atoms with E-state index >= 15 is 0 Å². The van der Waals surface area contributed by atoms with Gasteiger partial charge in [0.25, 0.3) is 5.91 Å². The second kappa shape index (κ2) is 9.19. The fourth-order valence-electron chi connectivity index (χ4n) is 1.82. The van der Waals surface area contributed by atoms with E-state index in [1.807, 2.05) is 13.8 Å². The first-order chi connectivity index (χ1) is 11.0. The van der Waals surface area contributed by atoms with Crippen LogP contribution in [0.4, 0.5) is 17.6 Å². The van der Waals surface area contributed by atoms with E-state index in [2.05, 4.69) is 9.72 Å². The molecule has 1 heterocycles. The van der Waals surface area contributed by atoms with Gasteiger partial charge in [-0.05, 0) is 18.0 Å². The summed E-state index contributed by atoms with van der Waals surface area (Å²) in [5, 5.41) is 0. The third-order valence-corrected chi connectivity index (χ3v) is 3.28. The van der Waals surface area contributed by atoms with E-state index in [4.69, 9.17) is 5.73 Å². The second-order valence-corrected chi connectivity index (χ2v) is 6.27. The molecular formula is C15H22ClF4N3O2. The molecule has 0 unspecified atom stereocenters. The molecule has 0 aliphatic carbocycles. The van der Waals surface area contributed by atoms with Gasteiger partial charge in [-0.25, -0.2) is 13.8 Å². The zero-order chi connectivity index (χ0) is 18.5. The molecule has 2 N–H and O–H groups in total. The smallest absolute Gasteiger partial charge is 0.340 e. The minimum atomic E-state index is -4.26. The van der Waals surface area contributed by atoms with E-state index in [9.17, 15) is 22.4 Å². The highest BCUT2D eigenvalue weighted by molar-refractivity contribution is 5.93. The Morgan fingerprint density at radius 3 is 2.40 bits per heavy atom. The van der Waals surface area contributed by atoms with Crippen LogP contribution < -0.4 is 10.5 Å². The van der Waals surface area contributed by atoms with Crippen molar-refractivity contribution in [2.75, 3.05) is 26.7 Å². The maximum absolute atomic E-state index is 12.8. The molecule has 0 radical (unpaired) electrons. The van der Waals surface area contributed by atoms with Gasteiger partial charge in [0.15, 0.2) is 6.61 Å². The first kappa shape index (κ1) is 23.4. The lowest BCUT2D eigenvalue weighted by Crippen LogP contribution is -2.39. The molecule has 1 aromatic heterocycles. The molecule has 0 fully saturated rings. The van der Waals surface area contributed by atoms with E-state index in [1.54, 1.807) is 7.05 Å². The summed E-state index contributed by atoms with van der Waals surface area (Å²) in [5.41, 5.74) is 5.58. The van der Waals surface area contributed by atoms with Crippen molar-refractivity contribution >= 4 is 18.3 Å². The zero-order valence-electron chi connectivity index (χ0n) is 14.1. The van der Waals surface area contributed by atoms with Crippen molar-refractivity contribution in [3.05, 3.63) is 23.9 Å². The second-order valence-electron chi connectivity index (χ2n) is 6.27. The highest BCUT2D eigenvalue weighted by Gasteiger charge is 2.41. The Hall–Kier alpha value is -1.61. The standard InChI is InChI=1S/C15H21F4N3O2.ClH/c1-14(2,7-20)8-22(3)12(23)10-4-5-11(21-6-10)24-9-15(18,19)13(16)17;/h4-6,13H,7-9,20H2,1-3H3;1H. The van der Waals surface area contributed by atoms with Crippen LogP contribution in [-0.4, -0.2) is 54.9 Å². The van der Waals surface area contributed by atoms with E-state index in [-0.39, 0.29) is 35.2 Å². The van der Waals surface area contributed by atoms with Gasteiger partial charge in [-0.1, -0.05) is 13.8 Å². The monoisotopic (exact) mass is 387 g/mol. The molecule has 1 rings (SSSR count). The number of carbonyl (C=O) groups excluding carboxylic acids is 1. The third-order valence-electron chi connectivity index (χ3n) is 3.28. The fourth-order valence-corrected chi connectivity index (χ4v) is 1.82. The van der Waals surface area contributed by atoms with Crippen molar-refractivity contribution in [1.82, 2.24) is 9.88 Å². The normalized spacial score (nSPS) is 11.9. The molecule has 1 amide bonds. The number of ether oxygens (including phenoxy) is 1. The maximum atomic E-state index is 12.8. The molecule has 10 heteroatoms. The maximum Gasteiger partial charge on any atom is 0.340 e. The topological polar surface area (TPSA) is 68.5 Å². The lowest BCUT2D eigenvalue weighted by molar-refractivity contribution is -0.148. The Labute approximate surface area is 149 Å². The van der Waals surface area contributed by atoms with Crippen LogP contribution in [0.1, 0.15) is 24.2 Å². The number of pyridine rings is 1. The zero-order valence-corrected chi connectivity index (χ0v) is 15.0. The van der Waals surface area contributed by atoms with E-state index in [0.717, 1.165) is 6.20 Å². The number of hydrogen-bond donors (Lipinski definition) is 1. The molecular weight excluding hydrogens is 366 g/mol. The van der Waals surface area contributed by atoms with Crippen LogP contribution in [0, 0.1) is 5.41 Å². The van der Waals surface area contributed by atoms with Crippen LogP contribution in [0.3, 0.4) is 0 Å². The van der Waals surface area contributed by atoms with Gasteiger partial charge in [0.1, 0.15) is 0 Å². The number of halogens is 5. The molecule has 0 aromatic carbocycles. The summed E-state index contributed by atoms with van der Waals surface area (Å²) in [7, 11) is 1.60. The van der Waals surface area contributed by atoms with Crippen molar-refractivity contribution in [2.45, 2.75) is 26.2 Å². The third kappa shape index (κ3) is 7.03. The minimum Gasteiger partial charge on any atom is -0.471 e. The van der Waals surface area contributed by atoms with Crippen LogP contribution in [0.2, 0.25) is 0 Å². The summed E-state index contributed by atoms with van der Waals surface area (Å²) in [5.74, 6) is -4.85. The van der Waals surface area contributed by atoms with Crippen LogP contribution >= 0.6 is 12.4 Å². The molecule has 0 saturated carbocycles. The Morgan fingerprint density at radius 1 is 1.36 bits per heavy atom. The van der Waals surface area contributed by atoms with Gasteiger partial charge in [-0.15, -0.1) is 12.4 Å². The molecule has 144 valence electrons. The lowest BCUT2D eigenvalue weighted by Gasteiger charge is -2.29. The van der Waals surface area contributed by atoms with Gasteiger partial charge in [-0.2, -0.15) is 8.78 Å². The molecule has 0 aliphatic rings. The first-order valence-electron chi connectivity index (χ1n) is 7.19. The van der Waals surface area contributed by atoms with E-state index < -0.39 is 19.0 Å². The van der Waals surface area contributed by atoms with E-state index in [1.165, 1.54) is 17.0 Å². The Balaban J connectivity index is 0.00000576. The lowest BCUT2D eigenvalue weighted by atomic mass is 9.93. The van der Waals surface area contributed by atoms with Gasteiger partial charge >= 0.3 is 12.3 Å². The molecule has 0 spiro atoms. The number of nitrogens with zero attached hydrogens (tertiary/aromatic N) is 2. The summed E-state index contributed by atoms with van der Waals surface area (Å²) < 4.78 is 54.1. The molecule has 0 bridgehead atoms. The van der Waals surface area contributed by atoms with Gasteiger partial charge in [0, 0.05) is 25.9 Å². The quantitative estimate of drug-likeness (QED) is 0.696. The fraction of sp³-hybridized carbons (Fsp3) is 0.600. The number of hydrogen-bond acceptors (Lipinski definition) is 4. The van der Waals surface area contributed by atoms with Crippen LogP contribution in [0.5, 0.6) is 5.88 Å². The van der Waals surface area contributed by atoms with Crippen molar-refractivity contribution < 1.29 is 27.1 Å². The van der Waals surface area contributed by atoms with Crippen molar-refractivity contribution in [3.63, 3.8) is 0 Å². The Kier molecular flexibility index (Phi) is 8.60. The summed E-state index contributed by atoms with van der Waals surface area (Å²) in [6.45, 7) is 3.15. The largest absolute Gasteiger partial charge is 0.471 e. The minimum absolute atomic E-state index is 0. The van der Waals surface area contributed by atoms with Crippen LogP contribution in [-0.2, 0) is 0 Å². The average molecular weight is 388 g/mol. The first-order valence-corrected chi connectivity index (χ1v) is 7.19. The summed E-state index contributed by atoms with van der Waals surface area (Å²) >= 11 is 0. The molecule has 1 aromatic rings. The predicted molar refractivity (Wildman–Crippen MR) is 87.7 cm³/mol. The van der Waals surface area contributed by atoms with Crippen LogP contribution in [0.25, 0.3) is 0 Å². The Bertz CT molecular complexity index is 556. The highest BCUT2D eigenvalue weighted by atomic mass is 35.5. The molecule has 0 atom stereocenters. The number of rotatable bonds is 8. The number of amides is 1.